The van der Waals surface area contributed by atoms with Crippen molar-refractivity contribution in [3.8, 4) is 0 Å². The summed E-state index contributed by atoms with van der Waals surface area (Å²) in [5.41, 5.74) is 0.115. The molecule has 2 N–H and O–H groups in total. The van der Waals surface area contributed by atoms with Gasteiger partial charge in [-0.3, -0.25) is 19.5 Å². The van der Waals surface area contributed by atoms with Crippen LogP contribution < -0.4 is 5.32 Å². The van der Waals surface area contributed by atoms with Crippen molar-refractivity contribution < 1.29 is 19.1 Å². The van der Waals surface area contributed by atoms with Gasteiger partial charge in [-0.05, 0) is 18.6 Å². The van der Waals surface area contributed by atoms with Crippen LogP contribution in [0.1, 0.15) is 50.6 Å². The lowest BCUT2D eigenvalue weighted by atomic mass is 9.99. The van der Waals surface area contributed by atoms with Gasteiger partial charge in [0.2, 0.25) is 11.6 Å². The Morgan fingerprint density at radius 1 is 1.35 bits per heavy atom. The lowest BCUT2D eigenvalue weighted by Gasteiger charge is -2.11. The Kier molecular flexibility index (Phi) is 6.12. The van der Waals surface area contributed by atoms with E-state index in [0.717, 1.165) is 31.6 Å². The van der Waals surface area contributed by atoms with Crippen LogP contribution in [-0.4, -0.2) is 54.2 Å². The van der Waals surface area contributed by atoms with Crippen molar-refractivity contribution in [3.05, 3.63) is 27.9 Å². The summed E-state index contributed by atoms with van der Waals surface area (Å²) < 4.78 is 4.98. The summed E-state index contributed by atoms with van der Waals surface area (Å²) >= 11 is 1.34. The molecule has 23 heavy (non-hydrogen) atoms. The van der Waals surface area contributed by atoms with Crippen LogP contribution in [0.3, 0.4) is 0 Å². The first-order valence-electron chi connectivity index (χ1n) is 7.33. The fourth-order valence-corrected chi connectivity index (χ4v) is 3.21. The largest absolute Gasteiger partial charge is 0.385 e. The lowest BCUT2D eigenvalue weighted by molar-refractivity contribution is 0.0945. The number of amides is 1. The van der Waals surface area contributed by atoms with E-state index in [1.165, 1.54) is 24.9 Å². The minimum Gasteiger partial charge on any atom is -0.385 e. The predicted octanol–water partition coefficient (Wildman–Crippen LogP) is 1.58. The number of nitrogens with one attached hydrogen (secondary N) is 2. The van der Waals surface area contributed by atoms with Crippen LogP contribution in [0.2, 0.25) is 0 Å². The molecule has 0 atom stereocenters. The number of carbonyl (C=O) groups excluding carboxylic acids is 3. The molecule has 124 valence electrons. The van der Waals surface area contributed by atoms with E-state index in [-0.39, 0.29) is 28.5 Å². The fourth-order valence-electron chi connectivity index (χ4n) is 2.22. The normalized spacial score (nSPS) is 13.7. The van der Waals surface area contributed by atoms with Gasteiger partial charge in [0, 0.05) is 26.8 Å². The van der Waals surface area contributed by atoms with E-state index in [0.29, 0.717) is 4.91 Å². The maximum atomic E-state index is 12.5. The van der Waals surface area contributed by atoms with Gasteiger partial charge in [-0.1, -0.05) is 6.42 Å². The van der Waals surface area contributed by atoms with Gasteiger partial charge < -0.3 is 10.1 Å². The zero-order valence-corrected chi connectivity index (χ0v) is 13.9. The summed E-state index contributed by atoms with van der Waals surface area (Å²) in [4.78, 5) is 36.7. The van der Waals surface area contributed by atoms with Crippen molar-refractivity contribution in [1.82, 2.24) is 15.5 Å². The highest BCUT2D eigenvalue weighted by Gasteiger charge is 2.33. The Bertz CT molecular complexity index is 651. The summed E-state index contributed by atoms with van der Waals surface area (Å²) in [7, 11) is 3.11. The zero-order chi connectivity index (χ0) is 16.8. The van der Waals surface area contributed by atoms with Crippen LogP contribution in [0.5, 0.6) is 0 Å². The number of H-pyrrole nitrogens is 1. The second-order valence-corrected chi connectivity index (χ2v) is 6.14. The molecule has 8 heteroatoms. The Morgan fingerprint density at radius 3 is 2.83 bits per heavy atom. The fraction of sp³-hybridized carbons (Fsp3) is 0.467. The minimum atomic E-state index is -0.491. The number of ketones is 2. The Morgan fingerprint density at radius 2 is 2.13 bits per heavy atom. The number of carbonyl (C=O) groups is 3. The first-order valence-corrected chi connectivity index (χ1v) is 8.31. The topological polar surface area (TPSA) is 101 Å². The summed E-state index contributed by atoms with van der Waals surface area (Å²) in [5, 5.41) is 8.70. The van der Waals surface area contributed by atoms with Gasteiger partial charge in [-0.15, -0.1) is 11.8 Å². The minimum absolute atomic E-state index is 0.0351. The molecule has 0 aliphatic heterocycles. The number of methoxy groups -OCH3 is 1. The van der Waals surface area contributed by atoms with Crippen molar-refractivity contribution in [2.75, 3.05) is 26.5 Å². The van der Waals surface area contributed by atoms with E-state index in [4.69, 9.17) is 4.74 Å². The molecular formula is C15H19N3O4S. The molecule has 0 radical (unpaired) electrons. The van der Waals surface area contributed by atoms with Crippen molar-refractivity contribution in [2.45, 2.75) is 19.3 Å². The van der Waals surface area contributed by atoms with Crippen molar-refractivity contribution >= 4 is 29.2 Å². The Hall–Kier alpha value is -1.93. The molecule has 0 bridgehead atoms. The molecule has 0 unspecified atom stereocenters. The van der Waals surface area contributed by atoms with E-state index in [1.54, 1.807) is 7.11 Å². The van der Waals surface area contributed by atoms with E-state index >= 15 is 0 Å². The summed E-state index contributed by atoms with van der Waals surface area (Å²) in [6, 6.07) is 0. The van der Waals surface area contributed by atoms with Crippen LogP contribution in [-0.2, 0) is 4.74 Å². The number of Topliss-reactive ketones (excluding diaryl/α,β-unsaturated/α-hetero) is 1. The quantitative estimate of drug-likeness (QED) is 0.699. The molecule has 0 spiro atoms. The lowest BCUT2D eigenvalue weighted by Crippen LogP contribution is -2.23. The van der Waals surface area contributed by atoms with E-state index in [9.17, 15) is 14.4 Å². The number of thioether (sulfide) groups is 1. The Labute approximate surface area is 138 Å². The van der Waals surface area contributed by atoms with Crippen LogP contribution in [0, 0.1) is 0 Å². The first kappa shape index (κ1) is 17.4. The molecule has 1 aliphatic carbocycles. The highest BCUT2D eigenvalue weighted by atomic mass is 32.2. The third kappa shape index (κ3) is 3.89. The van der Waals surface area contributed by atoms with Crippen LogP contribution in [0.4, 0.5) is 0 Å². The smallest absolute Gasteiger partial charge is 0.272 e. The molecule has 1 amide bonds. The standard InChI is InChI=1S/C15H19N3O4S/c1-16-15(21)13-11-12(17-18-13)9(19)8-10(14(11)20)23-7-5-3-4-6-22-2/h8H,3-7H2,1-2H3,(H,16,21)(H,17,18). The van der Waals surface area contributed by atoms with Crippen molar-refractivity contribution in [2.24, 2.45) is 0 Å². The highest BCUT2D eigenvalue weighted by Crippen LogP contribution is 2.29. The number of aromatic nitrogens is 2. The molecule has 0 aromatic carbocycles. The number of unbranched alkanes of at least 4 members (excludes halogenated alkanes) is 2. The number of hydrogen-bond acceptors (Lipinski definition) is 6. The second-order valence-electron chi connectivity index (χ2n) is 5.01. The number of ether oxygens (including phenoxy) is 1. The molecule has 1 aromatic heterocycles. The molecule has 1 aliphatic rings. The zero-order valence-electron chi connectivity index (χ0n) is 13.1. The van der Waals surface area contributed by atoms with Crippen LogP contribution >= 0.6 is 11.8 Å². The number of hydrogen-bond donors (Lipinski definition) is 2. The van der Waals surface area contributed by atoms with Crippen LogP contribution in [0.15, 0.2) is 11.0 Å². The van der Waals surface area contributed by atoms with Crippen molar-refractivity contribution in [3.63, 3.8) is 0 Å². The van der Waals surface area contributed by atoms with Gasteiger partial charge in [-0.25, -0.2) is 0 Å². The van der Waals surface area contributed by atoms with Crippen molar-refractivity contribution in [1.29, 1.82) is 0 Å². The molecule has 2 rings (SSSR count). The van der Waals surface area contributed by atoms with Gasteiger partial charge in [0.05, 0.1) is 10.5 Å². The van der Waals surface area contributed by atoms with Gasteiger partial charge in [-0.2, -0.15) is 5.10 Å². The molecule has 7 nitrogen and oxygen atoms in total. The van der Waals surface area contributed by atoms with Gasteiger partial charge in [0.1, 0.15) is 5.69 Å². The van der Waals surface area contributed by atoms with E-state index in [2.05, 4.69) is 15.5 Å². The second kappa shape index (κ2) is 8.07. The van der Waals surface area contributed by atoms with Crippen LogP contribution in [0.25, 0.3) is 0 Å². The number of rotatable bonds is 8. The van der Waals surface area contributed by atoms with E-state index in [1.807, 2.05) is 0 Å². The first-order chi connectivity index (χ1) is 11.1. The molecule has 0 saturated carbocycles. The average Bonchev–Trinajstić information content (AvgIpc) is 3.00. The number of allylic oxidation sites excluding steroid dienone is 2. The maximum Gasteiger partial charge on any atom is 0.272 e. The summed E-state index contributed by atoms with van der Waals surface area (Å²) in [6.45, 7) is 0.721. The molecule has 0 fully saturated rings. The monoisotopic (exact) mass is 337 g/mol. The maximum absolute atomic E-state index is 12.5. The van der Waals surface area contributed by atoms with Gasteiger partial charge in [0.15, 0.2) is 5.69 Å². The molecule has 1 aromatic rings. The summed E-state index contributed by atoms with van der Waals surface area (Å²) in [6.07, 6.45) is 4.20. The molecular weight excluding hydrogens is 318 g/mol. The van der Waals surface area contributed by atoms with Gasteiger partial charge in [0.25, 0.3) is 5.91 Å². The third-order valence-corrected chi connectivity index (χ3v) is 4.53. The third-order valence-electron chi connectivity index (χ3n) is 3.42. The highest BCUT2D eigenvalue weighted by molar-refractivity contribution is 8.04. The number of fused-ring (bicyclic) bond motifs is 1. The SMILES string of the molecule is CNC(=O)c1n[nH]c2c1C(=O)C(SCCCCCOC)=CC2=O. The average molecular weight is 337 g/mol. The van der Waals surface area contributed by atoms with E-state index < -0.39 is 5.91 Å². The molecule has 1 heterocycles. The van der Waals surface area contributed by atoms with Gasteiger partial charge >= 0.3 is 0 Å². The molecule has 0 saturated heterocycles. The number of nitrogens with zero attached hydrogens (tertiary/aromatic N) is 1. The predicted molar refractivity (Wildman–Crippen MR) is 86.9 cm³/mol. The summed E-state index contributed by atoms with van der Waals surface area (Å²) in [5.74, 6) is -0.413. The Balaban J connectivity index is 2.04. The number of aromatic amines is 1.